The van der Waals surface area contributed by atoms with Crippen LogP contribution in [0.3, 0.4) is 0 Å². The lowest BCUT2D eigenvalue weighted by atomic mass is 10.1. The fourth-order valence-corrected chi connectivity index (χ4v) is 2.45. The van der Waals surface area contributed by atoms with Crippen molar-refractivity contribution in [2.45, 2.75) is 32.7 Å². The number of ether oxygens (including phenoxy) is 2. The Balaban J connectivity index is 2.83. The summed E-state index contributed by atoms with van der Waals surface area (Å²) in [7, 11) is 5.35. The highest BCUT2D eigenvalue weighted by Crippen LogP contribution is 2.30. The van der Waals surface area contributed by atoms with Crippen molar-refractivity contribution in [2.24, 2.45) is 0 Å². The molecule has 1 unspecified atom stereocenters. The Bertz CT molecular complexity index is 410. The van der Waals surface area contributed by atoms with E-state index in [9.17, 15) is 0 Å². The van der Waals surface area contributed by atoms with Gasteiger partial charge in [-0.3, -0.25) is 0 Å². The molecule has 0 radical (unpaired) electrons. The third-order valence-corrected chi connectivity index (χ3v) is 3.87. The Kier molecular flexibility index (Phi) is 8.16. The van der Waals surface area contributed by atoms with Crippen LogP contribution in [0.5, 0.6) is 11.5 Å². The summed E-state index contributed by atoms with van der Waals surface area (Å²) in [5.74, 6) is 1.56. The second-order valence-electron chi connectivity index (χ2n) is 5.20. The van der Waals surface area contributed by atoms with Gasteiger partial charge in [0.05, 0.1) is 14.2 Å². The van der Waals surface area contributed by atoms with E-state index in [-0.39, 0.29) is 0 Å². The predicted molar refractivity (Wildman–Crippen MR) is 88.4 cm³/mol. The van der Waals surface area contributed by atoms with Crippen LogP contribution in [0.25, 0.3) is 0 Å². The molecular formula is C17H30N2O2. The number of benzene rings is 1. The number of likely N-dealkylation sites (N-methyl/N-ethyl adjacent to an activating group) is 2. The van der Waals surface area contributed by atoms with Crippen LogP contribution in [0.15, 0.2) is 18.2 Å². The zero-order chi connectivity index (χ0) is 15.7. The van der Waals surface area contributed by atoms with Crippen molar-refractivity contribution in [3.05, 3.63) is 23.8 Å². The van der Waals surface area contributed by atoms with E-state index in [2.05, 4.69) is 36.2 Å². The first-order chi connectivity index (χ1) is 10.2. The third-order valence-electron chi connectivity index (χ3n) is 3.87. The molecule has 0 aromatic heterocycles. The van der Waals surface area contributed by atoms with Crippen LogP contribution in [0, 0.1) is 0 Å². The normalized spacial score (nSPS) is 12.5. The van der Waals surface area contributed by atoms with Gasteiger partial charge in [0.25, 0.3) is 0 Å². The summed E-state index contributed by atoms with van der Waals surface area (Å²) in [6.45, 7) is 7.68. The topological polar surface area (TPSA) is 33.7 Å². The molecule has 0 spiro atoms. The molecule has 4 nitrogen and oxygen atoms in total. The van der Waals surface area contributed by atoms with Crippen molar-refractivity contribution in [1.29, 1.82) is 0 Å². The minimum absolute atomic E-state index is 0.293. The number of nitrogens with zero attached hydrogens (tertiary/aromatic N) is 1. The quantitative estimate of drug-likeness (QED) is 0.719. The van der Waals surface area contributed by atoms with Crippen molar-refractivity contribution in [2.75, 3.05) is 40.9 Å². The molecule has 0 heterocycles. The lowest BCUT2D eigenvalue weighted by molar-refractivity contribution is 0.254. The van der Waals surface area contributed by atoms with E-state index >= 15 is 0 Å². The average Bonchev–Trinajstić information content (AvgIpc) is 2.54. The minimum Gasteiger partial charge on any atom is -0.493 e. The van der Waals surface area contributed by atoms with Gasteiger partial charge in [-0.2, -0.15) is 0 Å². The molecule has 0 bridgehead atoms. The molecule has 0 saturated heterocycles. The average molecular weight is 294 g/mol. The van der Waals surface area contributed by atoms with E-state index in [1.165, 1.54) is 18.4 Å². The van der Waals surface area contributed by atoms with Gasteiger partial charge in [-0.15, -0.1) is 0 Å². The molecule has 21 heavy (non-hydrogen) atoms. The van der Waals surface area contributed by atoms with Crippen molar-refractivity contribution in [3.63, 3.8) is 0 Å². The number of rotatable bonds is 10. The summed E-state index contributed by atoms with van der Waals surface area (Å²) < 4.78 is 10.7. The zero-order valence-electron chi connectivity index (χ0n) is 14.1. The van der Waals surface area contributed by atoms with Gasteiger partial charge in [-0.05, 0) is 44.3 Å². The molecule has 0 fully saturated rings. The summed E-state index contributed by atoms with van der Waals surface area (Å²) in [5, 5.41) is 3.41. The number of hydrogen-bond acceptors (Lipinski definition) is 4. The Morgan fingerprint density at radius 1 is 1.14 bits per heavy atom. The van der Waals surface area contributed by atoms with Crippen molar-refractivity contribution in [3.8, 4) is 11.5 Å². The van der Waals surface area contributed by atoms with E-state index in [0.717, 1.165) is 31.1 Å². The van der Waals surface area contributed by atoms with Gasteiger partial charge in [-0.1, -0.05) is 26.3 Å². The van der Waals surface area contributed by atoms with E-state index in [1.807, 2.05) is 13.1 Å². The molecule has 4 heteroatoms. The first-order valence-electron chi connectivity index (χ1n) is 7.81. The molecule has 1 N–H and O–H groups in total. The molecule has 0 aliphatic heterocycles. The van der Waals surface area contributed by atoms with Gasteiger partial charge in [0.15, 0.2) is 11.5 Å². The van der Waals surface area contributed by atoms with Crippen LogP contribution >= 0.6 is 0 Å². The predicted octanol–water partition coefficient (Wildman–Crippen LogP) is 3.09. The van der Waals surface area contributed by atoms with Gasteiger partial charge in [0.1, 0.15) is 0 Å². The Labute approximate surface area is 129 Å². The Morgan fingerprint density at radius 3 is 2.38 bits per heavy atom. The number of hydrogen-bond donors (Lipinski definition) is 1. The molecule has 0 aliphatic rings. The lowest BCUT2D eigenvalue weighted by Crippen LogP contribution is -2.34. The van der Waals surface area contributed by atoms with Gasteiger partial charge in [0.2, 0.25) is 0 Å². The van der Waals surface area contributed by atoms with E-state index in [0.29, 0.717) is 6.04 Å². The molecule has 0 aliphatic carbocycles. The number of nitrogens with one attached hydrogen (secondary N) is 1. The fraction of sp³-hybridized carbons (Fsp3) is 0.647. The van der Waals surface area contributed by atoms with Gasteiger partial charge < -0.3 is 19.7 Å². The summed E-state index contributed by atoms with van der Waals surface area (Å²) in [5.41, 5.74) is 1.23. The standard InChI is InChI=1S/C17H30N2O2/c1-6-8-11-19(7-2)13-15(18-3)14-9-10-16(20-4)17(12-14)21-5/h9-10,12,15,18H,6-8,11,13H2,1-5H3. The van der Waals surface area contributed by atoms with Crippen LogP contribution in [0.4, 0.5) is 0 Å². The second kappa shape index (κ2) is 9.64. The van der Waals surface area contributed by atoms with Gasteiger partial charge in [-0.25, -0.2) is 0 Å². The molecule has 0 amide bonds. The first-order valence-corrected chi connectivity index (χ1v) is 7.81. The maximum atomic E-state index is 5.40. The zero-order valence-corrected chi connectivity index (χ0v) is 14.1. The third kappa shape index (κ3) is 5.21. The smallest absolute Gasteiger partial charge is 0.161 e. The SMILES string of the molecule is CCCCN(CC)CC(NC)c1ccc(OC)c(OC)c1. The monoisotopic (exact) mass is 294 g/mol. The highest BCUT2D eigenvalue weighted by Gasteiger charge is 2.15. The highest BCUT2D eigenvalue weighted by atomic mass is 16.5. The fourth-order valence-electron chi connectivity index (χ4n) is 2.45. The number of unbranched alkanes of at least 4 members (excludes halogenated alkanes) is 1. The van der Waals surface area contributed by atoms with Crippen molar-refractivity contribution < 1.29 is 9.47 Å². The second-order valence-corrected chi connectivity index (χ2v) is 5.20. The molecule has 1 rings (SSSR count). The van der Waals surface area contributed by atoms with Crippen LogP contribution in [0.1, 0.15) is 38.3 Å². The summed E-state index contributed by atoms with van der Waals surface area (Å²) >= 11 is 0. The van der Waals surface area contributed by atoms with Gasteiger partial charge in [0, 0.05) is 12.6 Å². The van der Waals surface area contributed by atoms with E-state index in [4.69, 9.17) is 9.47 Å². The van der Waals surface area contributed by atoms with Crippen LogP contribution in [-0.4, -0.2) is 45.8 Å². The van der Waals surface area contributed by atoms with Crippen LogP contribution < -0.4 is 14.8 Å². The molecule has 1 aromatic rings. The summed E-state index contributed by atoms with van der Waals surface area (Å²) in [6.07, 6.45) is 2.48. The Morgan fingerprint density at radius 2 is 1.86 bits per heavy atom. The summed E-state index contributed by atoms with van der Waals surface area (Å²) in [6, 6.07) is 6.44. The minimum atomic E-state index is 0.293. The van der Waals surface area contributed by atoms with E-state index < -0.39 is 0 Å². The largest absolute Gasteiger partial charge is 0.493 e. The molecule has 0 saturated carbocycles. The number of methoxy groups -OCH3 is 2. The molecule has 1 aromatic carbocycles. The Hall–Kier alpha value is -1.26. The van der Waals surface area contributed by atoms with Crippen LogP contribution in [-0.2, 0) is 0 Å². The first kappa shape index (κ1) is 17.8. The van der Waals surface area contributed by atoms with Crippen molar-refractivity contribution >= 4 is 0 Å². The highest BCUT2D eigenvalue weighted by molar-refractivity contribution is 5.43. The lowest BCUT2D eigenvalue weighted by Gasteiger charge is -2.27. The van der Waals surface area contributed by atoms with Crippen LogP contribution in [0.2, 0.25) is 0 Å². The van der Waals surface area contributed by atoms with E-state index in [1.54, 1.807) is 14.2 Å². The molecular weight excluding hydrogens is 264 g/mol. The summed E-state index contributed by atoms with van der Waals surface area (Å²) in [4.78, 5) is 2.49. The molecule has 1 atom stereocenters. The van der Waals surface area contributed by atoms with Gasteiger partial charge >= 0.3 is 0 Å². The van der Waals surface area contributed by atoms with Crippen molar-refractivity contribution in [1.82, 2.24) is 10.2 Å². The maximum absolute atomic E-state index is 5.40. The molecule has 120 valence electrons. The maximum Gasteiger partial charge on any atom is 0.161 e.